The number of anilines is 1. The van der Waals surface area contributed by atoms with E-state index in [2.05, 4.69) is 15.3 Å². The van der Waals surface area contributed by atoms with Gasteiger partial charge >= 0.3 is 5.97 Å². The number of ether oxygens (including phenoxy) is 1. The molecule has 2 aromatic heterocycles. The van der Waals surface area contributed by atoms with Crippen LogP contribution < -0.4 is 5.32 Å². The maximum Gasteiger partial charge on any atom is 0.340 e. The number of thiazole rings is 1. The van der Waals surface area contributed by atoms with Crippen LogP contribution in [0.2, 0.25) is 0 Å². The summed E-state index contributed by atoms with van der Waals surface area (Å²) in [7, 11) is 0. The van der Waals surface area contributed by atoms with Crippen LogP contribution in [0.15, 0.2) is 40.7 Å². The summed E-state index contributed by atoms with van der Waals surface area (Å²) >= 11 is 2.60. The standard InChI is InChI=1S/C23H20N4O3S2/c1-13-3-5-15(6-4-13)19-12-32-23(26-19)27-20(28)11-30-22(29)16-9-18(14-7-8-14)25-21(31-2)17(16)10-24/h3-6,9,12,14H,7-8,11H2,1-2H3,(H,26,27,28). The van der Waals surface area contributed by atoms with Crippen molar-refractivity contribution in [3.05, 3.63) is 58.1 Å². The van der Waals surface area contributed by atoms with E-state index in [4.69, 9.17) is 4.74 Å². The molecule has 0 atom stereocenters. The van der Waals surface area contributed by atoms with Gasteiger partial charge in [0, 0.05) is 22.6 Å². The highest BCUT2D eigenvalue weighted by atomic mass is 32.2. The molecule has 0 radical (unpaired) electrons. The molecule has 162 valence electrons. The minimum absolute atomic E-state index is 0.150. The van der Waals surface area contributed by atoms with Crippen LogP contribution in [0.5, 0.6) is 0 Å². The van der Waals surface area contributed by atoms with Crippen LogP contribution in [0.3, 0.4) is 0 Å². The second-order valence-electron chi connectivity index (χ2n) is 7.39. The number of pyridine rings is 1. The van der Waals surface area contributed by atoms with E-state index in [1.807, 2.05) is 42.6 Å². The summed E-state index contributed by atoms with van der Waals surface area (Å²) in [5.41, 5.74) is 3.98. The third kappa shape index (κ3) is 4.98. The van der Waals surface area contributed by atoms with Gasteiger partial charge in [-0.15, -0.1) is 23.1 Å². The normalized spacial score (nSPS) is 12.8. The molecular weight excluding hydrogens is 444 g/mol. The van der Waals surface area contributed by atoms with Gasteiger partial charge < -0.3 is 4.74 Å². The van der Waals surface area contributed by atoms with E-state index in [1.54, 1.807) is 12.3 Å². The Kier molecular flexibility index (Phi) is 6.53. The summed E-state index contributed by atoms with van der Waals surface area (Å²) in [5.74, 6) is -0.893. The largest absolute Gasteiger partial charge is 0.452 e. The zero-order valence-electron chi connectivity index (χ0n) is 17.5. The van der Waals surface area contributed by atoms with Crippen LogP contribution >= 0.6 is 23.1 Å². The molecule has 1 aliphatic rings. The van der Waals surface area contributed by atoms with E-state index in [1.165, 1.54) is 23.1 Å². The molecule has 0 unspecified atom stereocenters. The summed E-state index contributed by atoms with van der Waals surface area (Å²) < 4.78 is 5.20. The number of nitrogens with zero attached hydrogens (tertiary/aromatic N) is 3. The molecule has 1 aromatic carbocycles. The fourth-order valence-corrected chi connectivity index (χ4v) is 4.39. The Labute approximate surface area is 193 Å². The number of carbonyl (C=O) groups is 2. The number of nitriles is 1. The molecule has 1 saturated carbocycles. The maximum atomic E-state index is 12.7. The van der Waals surface area contributed by atoms with Crippen LogP contribution in [0.4, 0.5) is 5.13 Å². The lowest BCUT2D eigenvalue weighted by molar-refractivity contribution is -0.119. The second-order valence-corrected chi connectivity index (χ2v) is 9.05. The van der Waals surface area contributed by atoms with E-state index in [0.717, 1.165) is 35.4 Å². The van der Waals surface area contributed by atoms with E-state index in [9.17, 15) is 14.9 Å². The molecule has 9 heteroatoms. The Morgan fingerprint density at radius 2 is 2.03 bits per heavy atom. The Hall–Kier alpha value is -3.22. The molecule has 1 fully saturated rings. The number of benzene rings is 1. The van der Waals surface area contributed by atoms with Gasteiger partial charge in [0.15, 0.2) is 11.7 Å². The first-order valence-corrected chi connectivity index (χ1v) is 12.1. The van der Waals surface area contributed by atoms with Crippen molar-refractivity contribution in [3.8, 4) is 17.3 Å². The van der Waals surface area contributed by atoms with Gasteiger partial charge in [-0.25, -0.2) is 14.8 Å². The van der Waals surface area contributed by atoms with Crippen molar-refractivity contribution in [1.29, 1.82) is 5.26 Å². The van der Waals surface area contributed by atoms with Gasteiger partial charge in [-0.3, -0.25) is 10.1 Å². The highest BCUT2D eigenvalue weighted by Gasteiger charge is 2.29. The van der Waals surface area contributed by atoms with E-state index in [0.29, 0.717) is 16.1 Å². The molecule has 7 nitrogen and oxygen atoms in total. The smallest absolute Gasteiger partial charge is 0.340 e. The fraction of sp³-hybridized carbons (Fsp3) is 0.261. The first-order valence-electron chi connectivity index (χ1n) is 9.97. The lowest BCUT2D eigenvalue weighted by Gasteiger charge is -2.10. The van der Waals surface area contributed by atoms with Gasteiger partial charge in [-0.05, 0) is 32.1 Å². The molecule has 0 saturated heterocycles. The molecule has 4 rings (SSSR count). The summed E-state index contributed by atoms with van der Waals surface area (Å²) in [4.78, 5) is 33.9. The highest BCUT2D eigenvalue weighted by molar-refractivity contribution is 7.98. The quantitative estimate of drug-likeness (QED) is 0.396. The summed E-state index contributed by atoms with van der Waals surface area (Å²) in [6, 6.07) is 11.6. The minimum atomic E-state index is -0.712. The molecule has 3 aromatic rings. The zero-order valence-corrected chi connectivity index (χ0v) is 19.2. The number of carbonyl (C=O) groups excluding carboxylic acids is 2. The number of amides is 1. The molecule has 0 spiro atoms. The minimum Gasteiger partial charge on any atom is -0.452 e. The number of aryl methyl sites for hydroxylation is 1. The lowest BCUT2D eigenvalue weighted by atomic mass is 10.1. The second kappa shape index (κ2) is 9.51. The van der Waals surface area contributed by atoms with Gasteiger partial charge in [-0.2, -0.15) is 5.26 Å². The average Bonchev–Trinajstić information content (AvgIpc) is 3.56. The van der Waals surface area contributed by atoms with Crippen LogP contribution in [0.1, 0.15) is 45.9 Å². The molecule has 1 amide bonds. The van der Waals surface area contributed by atoms with Crippen molar-refractivity contribution in [2.45, 2.75) is 30.7 Å². The number of esters is 1. The maximum absolute atomic E-state index is 12.7. The number of nitrogens with one attached hydrogen (secondary N) is 1. The number of thioether (sulfide) groups is 1. The molecule has 1 N–H and O–H groups in total. The average molecular weight is 465 g/mol. The van der Waals surface area contributed by atoms with Crippen molar-refractivity contribution in [2.24, 2.45) is 0 Å². The number of aromatic nitrogens is 2. The van der Waals surface area contributed by atoms with Gasteiger partial charge in [0.25, 0.3) is 5.91 Å². The molecule has 1 aliphatic carbocycles. The molecule has 2 heterocycles. The van der Waals surface area contributed by atoms with E-state index in [-0.39, 0.29) is 11.1 Å². The Balaban J connectivity index is 1.40. The Bertz CT molecular complexity index is 1210. The molecule has 32 heavy (non-hydrogen) atoms. The molecular formula is C23H20N4O3S2. The van der Waals surface area contributed by atoms with Crippen molar-refractivity contribution in [3.63, 3.8) is 0 Å². The first kappa shape index (κ1) is 22.0. The van der Waals surface area contributed by atoms with Crippen LogP contribution in [0.25, 0.3) is 11.3 Å². The summed E-state index contributed by atoms with van der Waals surface area (Å²) in [6.07, 6.45) is 3.84. The highest BCUT2D eigenvalue weighted by Crippen LogP contribution is 2.40. The number of hydrogen-bond acceptors (Lipinski definition) is 8. The topological polar surface area (TPSA) is 105 Å². The van der Waals surface area contributed by atoms with E-state index >= 15 is 0 Å². The molecule has 0 bridgehead atoms. The van der Waals surface area contributed by atoms with Gasteiger partial charge in [-0.1, -0.05) is 29.8 Å². The van der Waals surface area contributed by atoms with E-state index < -0.39 is 18.5 Å². The zero-order chi connectivity index (χ0) is 22.7. The van der Waals surface area contributed by atoms with Crippen molar-refractivity contribution in [1.82, 2.24) is 9.97 Å². The monoisotopic (exact) mass is 464 g/mol. The SMILES string of the molecule is CSc1nc(C2CC2)cc(C(=O)OCC(=O)Nc2nc(-c3ccc(C)cc3)cs2)c1C#N. The van der Waals surface area contributed by atoms with Crippen LogP contribution in [-0.2, 0) is 9.53 Å². The van der Waals surface area contributed by atoms with Crippen molar-refractivity contribution in [2.75, 3.05) is 18.2 Å². The lowest BCUT2D eigenvalue weighted by Crippen LogP contribution is -2.21. The number of rotatable bonds is 7. The predicted octanol–water partition coefficient (Wildman–Crippen LogP) is 4.78. The van der Waals surface area contributed by atoms with Crippen molar-refractivity contribution >= 4 is 40.1 Å². The Morgan fingerprint density at radius 1 is 1.28 bits per heavy atom. The van der Waals surface area contributed by atoms with Crippen LogP contribution in [0, 0.1) is 18.3 Å². The fourth-order valence-electron chi connectivity index (χ4n) is 3.10. The van der Waals surface area contributed by atoms with Gasteiger partial charge in [0.2, 0.25) is 0 Å². The third-order valence-electron chi connectivity index (χ3n) is 4.96. The first-order chi connectivity index (χ1) is 15.5. The predicted molar refractivity (Wildman–Crippen MR) is 124 cm³/mol. The number of hydrogen-bond donors (Lipinski definition) is 1. The third-order valence-corrected chi connectivity index (χ3v) is 6.40. The van der Waals surface area contributed by atoms with Crippen LogP contribution in [-0.4, -0.2) is 34.7 Å². The summed E-state index contributed by atoms with van der Waals surface area (Å²) in [6.45, 7) is 1.54. The van der Waals surface area contributed by atoms with Gasteiger partial charge in [0.05, 0.1) is 16.8 Å². The Morgan fingerprint density at radius 3 is 2.69 bits per heavy atom. The van der Waals surface area contributed by atoms with Crippen molar-refractivity contribution < 1.29 is 14.3 Å². The summed E-state index contributed by atoms with van der Waals surface area (Å²) in [5, 5.41) is 14.9. The van der Waals surface area contributed by atoms with Gasteiger partial charge in [0.1, 0.15) is 11.1 Å². The molecule has 0 aliphatic heterocycles.